The quantitative estimate of drug-likeness (QED) is 0.718. The maximum atomic E-state index is 6.35. The van der Waals surface area contributed by atoms with Crippen molar-refractivity contribution in [3.8, 4) is 11.5 Å². The van der Waals surface area contributed by atoms with Crippen molar-refractivity contribution < 1.29 is 9.47 Å². The third kappa shape index (κ3) is 4.34. The summed E-state index contributed by atoms with van der Waals surface area (Å²) in [6, 6.07) is 12.0. The third-order valence-corrected chi connectivity index (χ3v) is 5.30. The summed E-state index contributed by atoms with van der Waals surface area (Å²) in [6.45, 7) is 6.42. The van der Waals surface area contributed by atoms with Crippen LogP contribution in [-0.4, -0.2) is 44.8 Å². The van der Waals surface area contributed by atoms with Gasteiger partial charge >= 0.3 is 0 Å². The highest BCUT2D eigenvalue weighted by molar-refractivity contribution is 9.10. The number of halogens is 2. The summed E-state index contributed by atoms with van der Waals surface area (Å²) in [5.41, 5.74) is 2.17. The van der Waals surface area contributed by atoms with Gasteiger partial charge in [-0.3, -0.25) is 4.90 Å². The van der Waals surface area contributed by atoms with E-state index in [9.17, 15) is 0 Å². The predicted molar refractivity (Wildman–Crippen MR) is 110 cm³/mol. The van der Waals surface area contributed by atoms with E-state index in [4.69, 9.17) is 21.1 Å². The number of methoxy groups -OCH3 is 1. The average molecular weight is 440 g/mol. The first-order valence-corrected chi connectivity index (χ1v) is 10.0. The molecule has 1 aliphatic rings. The van der Waals surface area contributed by atoms with E-state index in [0.717, 1.165) is 53.3 Å². The van der Waals surface area contributed by atoms with Crippen LogP contribution in [0.4, 0.5) is 0 Å². The average Bonchev–Trinajstić information content (AvgIpc) is 2.65. The molecule has 6 heteroatoms. The summed E-state index contributed by atoms with van der Waals surface area (Å²) in [7, 11) is 1.70. The van der Waals surface area contributed by atoms with Gasteiger partial charge in [0.05, 0.1) is 19.8 Å². The lowest BCUT2D eigenvalue weighted by molar-refractivity contribution is 0.191. The minimum atomic E-state index is 0.00444. The summed E-state index contributed by atoms with van der Waals surface area (Å²) in [4.78, 5) is 2.45. The van der Waals surface area contributed by atoms with Gasteiger partial charge in [0.1, 0.15) is 11.5 Å². The van der Waals surface area contributed by atoms with Gasteiger partial charge in [-0.05, 0) is 43.3 Å². The van der Waals surface area contributed by atoms with Crippen molar-refractivity contribution in [2.75, 3.05) is 39.9 Å². The van der Waals surface area contributed by atoms with Crippen LogP contribution in [-0.2, 0) is 0 Å². The van der Waals surface area contributed by atoms with Crippen molar-refractivity contribution in [2.45, 2.75) is 13.0 Å². The molecule has 4 nitrogen and oxygen atoms in total. The zero-order valence-electron chi connectivity index (χ0n) is 15.1. The number of nitrogens with one attached hydrogen (secondary N) is 1. The number of hydrogen-bond donors (Lipinski definition) is 1. The number of hydrogen-bond acceptors (Lipinski definition) is 4. The number of ether oxygens (including phenoxy) is 2. The Labute approximate surface area is 168 Å². The van der Waals surface area contributed by atoms with Crippen LogP contribution in [0.5, 0.6) is 11.5 Å². The van der Waals surface area contributed by atoms with Crippen LogP contribution in [0.2, 0.25) is 5.02 Å². The van der Waals surface area contributed by atoms with E-state index in [1.54, 1.807) is 7.11 Å². The van der Waals surface area contributed by atoms with Gasteiger partial charge in [0, 0.05) is 46.8 Å². The van der Waals surface area contributed by atoms with Gasteiger partial charge in [0.25, 0.3) is 0 Å². The lowest BCUT2D eigenvalue weighted by Gasteiger charge is -2.36. The monoisotopic (exact) mass is 438 g/mol. The number of nitrogens with zero attached hydrogens (tertiary/aromatic N) is 1. The van der Waals surface area contributed by atoms with Crippen LogP contribution < -0.4 is 14.8 Å². The Bertz CT molecular complexity index is 751. The summed E-state index contributed by atoms with van der Waals surface area (Å²) < 4.78 is 12.6. The Balaban J connectivity index is 2.16. The Morgan fingerprint density at radius 1 is 1.12 bits per heavy atom. The zero-order valence-corrected chi connectivity index (χ0v) is 17.4. The first kappa shape index (κ1) is 19.5. The first-order valence-electron chi connectivity index (χ1n) is 8.84. The van der Waals surface area contributed by atoms with Gasteiger partial charge < -0.3 is 14.8 Å². The van der Waals surface area contributed by atoms with Crippen molar-refractivity contribution in [1.29, 1.82) is 0 Å². The molecule has 0 aromatic heterocycles. The molecular formula is C20H24BrClN2O2. The maximum Gasteiger partial charge on any atom is 0.124 e. The normalized spacial score (nSPS) is 16.3. The number of benzene rings is 2. The second kappa shape index (κ2) is 9.09. The van der Waals surface area contributed by atoms with Crippen molar-refractivity contribution >= 4 is 27.5 Å². The molecule has 2 aromatic carbocycles. The fourth-order valence-electron chi connectivity index (χ4n) is 3.44. The molecule has 1 atom stereocenters. The molecule has 0 spiro atoms. The molecule has 1 heterocycles. The lowest BCUT2D eigenvalue weighted by Crippen LogP contribution is -2.45. The van der Waals surface area contributed by atoms with Crippen LogP contribution in [0.1, 0.15) is 24.1 Å². The molecule has 26 heavy (non-hydrogen) atoms. The number of rotatable bonds is 6. The van der Waals surface area contributed by atoms with E-state index >= 15 is 0 Å². The molecular weight excluding hydrogens is 416 g/mol. The molecule has 2 aromatic rings. The van der Waals surface area contributed by atoms with E-state index in [0.29, 0.717) is 11.6 Å². The summed E-state index contributed by atoms with van der Waals surface area (Å²) in [6.07, 6.45) is 0. The Kier molecular flexibility index (Phi) is 6.81. The van der Waals surface area contributed by atoms with E-state index in [1.165, 1.54) is 0 Å². The van der Waals surface area contributed by atoms with Gasteiger partial charge in [0.2, 0.25) is 0 Å². The van der Waals surface area contributed by atoms with Crippen molar-refractivity contribution in [3.63, 3.8) is 0 Å². The highest BCUT2D eigenvalue weighted by atomic mass is 79.9. The SMILES string of the molecule is CCOc1ccc(Br)cc1C(c1cc(Cl)ccc1OC)N1CCNCC1. The minimum Gasteiger partial charge on any atom is -0.496 e. The summed E-state index contributed by atoms with van der Waals surface area (Å²) in [5.74, 6) is 1.72. The zero-order chi connectivity index (χ0) is 18.5. The molecule has 140 valence electrons. The maximum absolute atomic E-state index is 6.35. The molecule has 1 unspecified atom stereocenters. The third-order valence-electron chi connectivity index (χ3n) is 4.57. The molecule has 0 aliphatic carbocycles. The highest BCUT2D eigenvalue weighted by Crippen LogP contribution is 2.41. The molecule has 1 N–H and O–H groups in total. The second-order valence-corrected chi connectivity index (χ2v) is 7.54. The highest BCUT2D eigenvalue weighted by Gasteiger charge is 2.29. The van der Waals surface area contributed by atoms with E-state index < -0.39 is 0 Å². The smallest absolute Gasteiger partial charge is 0.124 e. The molecule has 1 saturated heterocycles. The van der Waals surface area contributed by atoms with Gasteiger partial charge in [-0.2, -0.15) is 0 Å². The summed E-state index contributed by atoms with van der Waals surface area (Å²) >= 11 is 9.97. The molecule has 0 radical (unpaired) electrons. The van der Waals surface area contributed by atoms with Crippen LogP contribution in [0.3, 0.4) is 0 Å². The molecule has 0 saturated carbocycles. The lowest BCUT2D eigenvalue weighted by atomic mass is 9.94. The Morgan fingerprint density at radius 2 is 1.81 bits per heavy atom. The molecule has 0 bridgehead atoms. The van der Waals surface area contributed by atoms with Crippen LogP contribution >= 0.6 is 27.5 Å². The predicted octanol–water partition coefficient (Wildman–Crippen LogP) is 4.50. The summed E-state index contributed by atoms with van der Waals surface area (Å²) in [5, 5.41) is 4.13. The van der Waals surface area contributed by atoms with Crippen LogP contribution in [0, 0.1) is 0 Å². The topological polar surface area (TPSA) is 33.7 Å². The fourth-order valence-corrected chi connectivity index (χ4v) is 4.00. The fraction of sp³-hybridized carbons (Fsp3) is 0.400. The van der Waals surface area contributed by atoms with E-state index in [-0.39, 0.29) is 6.04 Å². The van der Waals surface area contributed by atoms with Gasteiger partial charge in [-0.15, -0.1) is 0 Å². The number of piperazine rings is 1. The molecule has 1 fully saturated rings. The van der Waals surface area contributed by atoms with Crippen LogP contribution in [0.25, 0.3) is 0 Å². The largest absolute Gasteiger partial charge is 0.496 e. The molecule has 0 amide bonds. The van der Waals surface area contributed by atoms with Crippen molar-refractivity contribution in [1.82, 2.24) is 10.2 Å². The Hall–Kier alpha value is -1.27. The standard InChI is InChI=1S/C20H24BrClN2O2/c1-3-26-19-6-4-14(21)12-16(19)20(24-10-8-23-9-11-24)17-13-15(22)5-7-18(17)25-2/h4-7,12-13,20,23H,3,8-11H2,1-2H3. The van der Waals surface area contributed by atoms with Gasteiger partial charge in [0.15, 0.2) is 0 Å². The van der Waals surface area contributed by atoms with E-state index in [1.807, 2.05) is 37.3 Å². The van der Waals surface area contributed by atoms with Gasteiger partial charge in [-0.25, -0.2) is 0 Å². The minimum absolute atomic E-state index is 0.00444. The van der Waals surface area contributed by atoms with Gasteiger partial charge in [-0.1, -0.05) is 27.5 Å². The van der Waals surface area contributed by atoms with E-state index in [2.05, 4.69) is 32.2 Å². The molecule has 1 aliphatic heterocycles. The van der Waals surface area contributed by atoms with Crippen molar-refractivity contribution in [2.24, 2.45) is 0 Å². The van der Waals surface area contributed by atoms with Crippen molar-refractivity contribution in [3.05, 3.63) is 57.0 Å². The Morgan fingerprint density at radius 3 is 2.50 bits per heavy atom. The first-order chi connectivity index (χ1) is 12.6. The van der Waals surface area contributed by atoms with Crippen LogP contribution in [0.15, 0.2) is 40.9 Å². The molecule has 3 rings (SSSR count). The second-order valence-electron chi connectivity index (χ2n) is 6.19.